The zero-order valence-electron chi connectivity index (χ0n) is 14.7. The molecule has 0 spiro atoms. The average Bonchev–Trinajstić information content (AvgIpc) is 3.25. The van der Waals surface area contributed by atoms with E-state index >= 15 is 0 Å². The number of hydrogen-bond acceptors (Lipinski definition) is 3. The van der Waals surface area contributed by atoms with Gasteiger partial charge in [-0.15, -0.1) is 0 Å². The fourth-order valence-electron chi connectivity index (χ4n) is 3.31. The van der Waals surface area contributed by atoms with E-state index in [-0.39, 0.29) is 18.1 Å². The van der Waals surface area contributed by atoms with E-state index in [1.165, 1.54) is 0 Å². The lowest BCUT2D eigenvalue weighted by Crippen LogP contribution is -2.43. The summed E-state index contributed by atoms with van der Waals surface area (Å²) < 4.78 is 7.37. The molecule has 2 aromatic rings. The topological polar surface area (TPSA) is 63.3 Å². The van der Waals surface area contributed by atoms with Gasteiger partial charge in [0.25, 0.3) is 0 Å². The van der Waals surface area contributed by atoms with Crippen LogP contribution in [0.25, 0.3) is 0 Å². The van der Waals surface area contributed by atoms with Crippen molar-refractivity contribution < 1.29 is 9.21 Å². The number of carbonyl (C=O) groups is 1. The summed E-state index contributed by atoms with van der Waals surface area (Å²) in [5.41, 5.74) is 1.11. The van der Waals surface area contributed by atoms with Gasteiger partial charge >= 0.3 is 6.03 Å². The molecule has 6 heteroatoms. The minimum atomic E-state index is 0.0180. The number of urea groups is 1. The zero-order valence-corrected chi connectivity index (χ0v) is 14.7. The largest absolute Gasteiger partial charge is 0.466 e. The highest BCUT2D eigenvalue weighted by Crippen LogP contribution is 2.31. The van der Waals surface area contributed by atoms with Crippen LogP contribution < -0.4 is 5.32 Å². The van der Waals surface area contributed by atoms with Crippen LogP contribution in [0.4, 0.5) is 4.79 Å². The number of carbonyl (C=O) groups excluding carboxylic acids is 1. The van der Waals surface area contributed by atoms with Crippen molar-refractivity contribution in [3.05, 3.63) is 41.6 Å². The second-order valence-electron chi connectivity index (χ2n) is 6.70. The predicted octanol–water partition coefficient (Wildman–Crippen LogP) is 3.19. The molecule has 2 atom stereocenters. The van der Waals surface area contributed by atoms with E-state index in [4.69, 9.17) is 4.42 Å². The molecule has 2 amide bonds. The van der Waals surface area contributed by atoms with Crippen LogP contribution in [0, 0.1) is 6.92 Å². The van der Waals surface area contributed by atoms with Crippen LogP contribution >= 0.6 is 0 Å². The van der Waals surface area contributed by atoms with Crippen molar-refractivity contribution >= 4 is 6.03 Å². The fourth-order valence-corrected chi connectivity index (χ4v) is 3.31. The molecule has 0 unspecified atom stereocenters. The monoisotopic (exact) mass is 330 g/mol. The summed E-state index contributed by atoms with van der Waals surface area (Å²) in [5.74, 6) is 1.90. The minimum Gasteiger partial charge on any atom is -0.466 e. The first-order chi connectivity index (χ1) is 11.5. The van der Waals surface area contributed by atoms with Crippen molar-refractivity contribution in [2.45, 2.75) is 51.6 Å². The number of nitrogens with one attached hydrogen (secondary N) is 1. The maximum atomic E-state index is 12.6. The van der Waals surface area contributed by atoms with Gasteiger partial charge in [-0.05, 0) is 45.2 Å². The van der Waals surface area contributed by atoms with Gasteiger partial charge in [-0.25, -0.2) is 4.79 Å². The third-order valence-electron chi connectivity index (χ3n) is 4.61. The van der Waals surface area contributed by atoms with E-state index in [2.05, 4.69) is 10.4 Å². The molecule has 1 aliphatic heterocycles. The summed E-state index contributed by atoms with van der Waals surface area (Å²) in [6.07, 6.45) is 7.59. The number of aryl methyl sites for hydroxylation is 3. The molecule has 1 aliphatic rings. The Bertz CT molecular complexity index is 691. The molecule has 3 rings (SSSR count). The summed E-state index contributed by atoms with van der Waals surface area (Å²) >= 11 is 0. The predicted molar refractivity (Wildman–Crippen MR) is 91.6 cm³/mol. The lowest BCUT2D eigenvalue weighted by Gasteiger charge is -2.26. The maximum absolute atomic E-state index is 12.6. The number of likely N-dealkylation sites (tertiary alicyclic amines) is 1. The van der Waals surface area contributed by atoms with Gasteiger partial charge in [-0.3, -0.25) is 4.68 Å². The second-order valence-corrected chi connectivity index (χ2v) is 6.70. The molecule has 24 heavy (non-hydrogen) atoms. The van der Waals surface area contributed by atoms with Crippen molar-refractivity contribution in [2.24, 2.45) is 7.05 Å². The first kappa shape index (κ1) is 16.6. The molecular formula is C18H26N4O2. The molecule has 0 bridgehead atoms. The van der Waals surface area contributed by atoms with Gasteiger partial charge < -0.3 is 14.6 Å². The first-order valence-corrected chi connectivity index (χ1v) is 8.64. The van der Waals surface area contributed by atoms with Gasteiger partial charge in [0, 0.05) is 37.8 Å². The Morgan fingerprint density at radius 3 is 3.00 bits per heavy atom. The summed E-state index contributed by atoms with van der Waals surface area (Å²) in [6.45, 7) is 4.79. The summed E-state index contributed by atoms with van der Waals surface area (Å²) in [5, 5.41) is 7.35. The molecule has 0 radical (unpaired) electrons. The third kappa shape index (κ3) is 3.80. The molecular weight excluding hydrogens is 304 g/mol. The Balaban J connectivity index is 1.53. The van der Waals surface area contributed by atoms with Crippen LogP contribution in [0.1, 0.15) is 49.3 Å². The molecule has 1 N–H and O–H groups in total. The average molecular weight is 330 g/mol. The van der Waals surface area contributed by atoms with Crippen LogP contribution in [0.5, 0.6) is 0 Å². The van der Waals surface area contributed by atoms with Gasteiger partial charge in [0.15, 0.2) is 0 Å². The first-order valence-electron chi connectivity index (χ1n) is 8.64. The van der Waals surface area contributed by atoms with E-state index < -0.39 is 0 Å². The molecule has 6 nitrogen and oxygen atoms in total. The Kier molecular flexibility index (Phi) is 4.92. The Morgan fingerprint density at radius 1 is 1.50 bits per heavy atom. The van der Waals surface area contributed by atoms with Crippen molar-refractivity contribution in [1.82, 2.24) is 20.0 Å². The van der Waals surface area contributed by atoms with Gasteiger partial charge in [-0.2, -0.15) is 5.10 Å². The molecule has 1 saturated heterocycles. The summed E-state index contributed by atoms with van der Waals surface area (Å²) in [6, 6.07) is 4.24. The molecule has 0 aromatic carbocycles. The van der Waals surface area contributed by atoms with Crippen LogP contribution in [0.2, 0.25) is 0 Å². The highest BCUT2D eigenvalue weighted by atomic mass is 16.3. The molecule has 130 valence electrons. The van der Waals surface area contributed by atoms with Gasteiger partial charge in [0.2, 0.25) is 0 Å². The highest BCUT2D eigenvalue weighted by Gasteiger charge is 2.31. The van der Waals surface area contributed by atoms with E-state index in [1.807, 2.05) is 50.3 Å². The second kappa shape index (κ2) is 7.11. The van der Waals surface area contributed by atoms with E-state index in [1.54, 1.807) is 4.68 Å². The number of nitrogens with zero attached hydrogens (tertiary/aromatic N) is 3. The van der Waals surface area contributed by atoms with Gasteiger partial charge in [0.1, 0.15) is 11.5 Å². The van der Waals surface area contributed by atoms with E-state index in [9.17, 15) is 4.79 Å². The summed E-state index contributed by atoms with van der Waals surface area (Å²) in [7, 11) is 1.90. The van der Waals surface area contributed by atoms with Crippen molar-refractivity contribution in [3.8, 4) is 0 Å². The lowest BCUT2D eigenvalue weighted by molar-refractivity contribution is 0.189. The lowest BCUT2D eigenvalue weighted by atomic mass is 10.1. The minimum absolute atomic E-state index is 0.0180. The molecule has 0 saturated carbocycles. The van der Waals surface area contributed by atoms with Crippen LogP contribution in [-0.4, -0.2) is 33.3 Å². The maximum Gasteiger partial charge on any atom is 0.318 e. The van der Waals surface area contributed by atoms with Gasteiger partial charge in [-0.1, -0.05) is 0 Å². The number of rotatable bonds is 5. The highest BCUT2D eigenvalue weighted by molar-refractivity contribution is 5.75. The number of aromatic nitrogens is 2. The van der Waals surface area contributed by atoms with E-state index in [0.29, 0.717) is 0 Å². The smallest absolute Gasteiger partial charge is 0.318 e. The van der Waals surface area contributed by atoms with Crippen molar-refractivity contribution in [3.63, 3.8) is 0 Å². The molecule has 2 aromatic heterocycles. The van der Waals surface area contributed by atoms with Crippen molar-refractivity contribution in [1.29, 1.82) is 0 Å². The number of hydrogen-bond donors (Lipinski definition) is 1. The molecule has 1 fully saturated rings. The fraction of sp³-hybridized carbons (Fsp3) is 0.556. The number of furan rings is 1. The van der Waals surface area contributed by atoms with Crippen LogP contribution in [-0.2, 0) is 13.5 Å². The SMILES string of the molecule is Cc1ccc(CC[C@H](C)NC(=O)N2CCC[C@H]2c2cnn(C)c2)o1. The van der Waals surface area contributed by atoms with Crippen LogP contribution in [0.3, 0.4) is 0 Å². The van der Waals surface area contributed by atoms with Crippen LogP contribution in [0.15, 0.2) is 28.9 Å². The zero-order chi connectivity index (χ0) is 17.1. The Labute approximate surface area is 142 Å². The normalized spacial score (nSPS) is 18.8. The third-order valence-corrected chi connectivity index (χ3v) is 4.61. The van der Waals surface area contributed by atoms with Crippen molar-refractivity contribution in [2.75, 3.05) is 6.54 Å². The number of amides is 2. The standard InChI is InChI=1S/C18H26N4O2/c1-13(6-8-16-9-7-14(2)24-16)20-18(23)22-10-4-5-17(22)15-11-19-21(3)12-15/h7,9,11-13,17H,4-6,8,10H2,1-3H3,(H,20,23)/t13-,17-/m0/s1. The quantitative estimate of drug-likeness (QED) is 0.916. The van der Waals surface area contributed by atoms with E-state index in [0.717, 1.165) is 49.3 Å². The molecule has 0 aliphatic carbocycles. The summed E-state index contributed by atoms with van der Waals surface area (Å²) in [4.78, 5) is 14.6. The van der Waals surface area contributed by atoms with Gasteiger partial charge in [0.05, 0.1) is 12.2 Å². The Hall–Kier alpha value is -2.24. The Morgan fingerprint density at radius 2 is 2.33 bits per heavy atom. The molecule has 3 heterocycles.